The second-order valence-corrected chi connectivity index (χ2v) is 3.46. The van der Waals surface area contributed by atoms with Crippen LogP contribution in [0.15, 0.2) is 27.4 Å². The van der Waals surface area contributed by atoms with E-state index in [1.165, 1.54) is 7.05 Å². The van der Waals surface area contributed by atoms with E-state index in [0.717, 1.165) is 10.2 Å². The minimum atomic E-state index is -0.541. The zero-order valence-electron chi connectivity index (χ0n) is 8.89. The summed E-state index contributed by atoms with van der Waals surface area (Å²) in [5, 5.41) is 12.9. The first-order valence-electron chi connectivity index (χ1n) is 4.67. The Hall–Kier alpha value is -2.35. The van der Waals surface area contributed by atoms with E-state index in [0.29, 0.717) is 11.1 Å². The Morgan fingerprint density at radius 3 is 2.81 bits per heavy atom. The van der Waals surface area contributed by atoms with Gasteiger partial charge in [0.15, 0.2) is 0 Å². The summed E-state index contributed by atoms with van der Waals surface area (Å²) in [6.07, 6.45) is 0. The Labute approximate surface area is 91.5 Å². The largest absolute Gasteiger partial charge is 0.437 e. The number of hydrogen-bond donors (Lipinski definition) is 0. The molecule has 0 aliphatic heterocycles. The minimum Gasteiger partial charge on any atom is -0.388 e. The van der Waals surface area contributed by atoms with E-state index >= 15 is 0 Å². The molecule has 0 radical (unpaired) electrons. The lowest BCUT2D eigenvalue weighted by Gasteiger charge is -1.99. The van der Waals surface area contributed by atoms with Crippen molar-refractivity contribution in [2.24, 2.45) is 7.05 Å². The third kappa shape index (κ3) is 1.61. The fraction of sp³-hybridized carbons (Fsp3) is 0.182. The number of benzene rings is 1. The van der Waals surface area contributed by atoms with E-state index in [1.807, 2.05) is 19.1 Å². The molecule has 2 rings (SSSR count). The standard InChI is InChI=1S/C11H9N3O2/c1-7-3-4-8(6-12)9(5-7)10-13-14(2)11(15)16-10/h3-5H,1-2H3. The SMILES string of the molecule is Cc1ccc(C#N)c(-c2nn(C)c(=O)o2)c1. The van der Waals surface area contributed by atoms with Gasteiger partial charge in [0.1, 0.15) is 0 Å². The van der Waals surface area contributed by atoms with Crippen LogP contribution < -0.4 is 5.76 Å². The predicted molar refractivity (Wildman–Crippen MR) is 56.6 cm³/mol. The van der Waals surface area contributed by atoms with Gasteiger partial charge in [0.2, 0.25) is 0 Å². The molecular weight excluding hydrogens is 206 g/mol. The number of aromatic nitrogens is 2. The van der Waals surface area contributed by atoms with Crippen molar-refractivity contribution < 1.29 is 4.42 Å². The van der Waals surface area contributed by atoms with Crippen LogP contribution in [0.3, 0.4) is 0 Å². The molecule has 0 atom stereocenters. The predicted octanol–water partition coefficient (Wildman–Crippen LogP) is 1.22. The molecule has 2 aromatic rings. The normalized spacial score (nSPS) is 10.1. The lowest BCUT2D eigenvalue weighted by molar-refractivity contribution is 0.505. The van der Waals surface area contributed by atoms with Crippen molar-refractivity contribution in [2.45, 2.75) is 6.92 Å². The van der Waals surface area contributed by atoms with Crippen LogP contribution in [0.2, 0.25) is 0 Å². The highest BCUT2D eigenvalue weighted by molar-refractivity contribution is 5.63. The molecule has 80 valence electrons. The smallest absolute Gasteiger partial charge is 0.388 e. The second kappa shape index (κ2) is 3.66. The van der Waals surface area contributed by atoms with Gasteiger partial charge in [-0.1, -0.05) is 11.6 Å². The topological polar surface area (TPSA) is 71.8 Å². The highest BCUT2D eigenvalue weighted by atomic mass is 16.4. The van der Waals surface area contributed by atoms with Crippen LogP contribution in [0.5, 0.6) is 0 Å². The van der Waals surface area contributed by atoms with Crippen molar-refractivity contribution in [3.63, 3.8) is 0 Å². The fourth-order valence-corrected chi connectivity index (χ4v) is 1.39. The highest BCUT2D eigenvalue weighted by Gasteiger charge is 2.12. The molecule has 0 saturated carbocycles. The van der Waals surface area contributed by atoms with E-state index in [9.17, 15) is 4.79 Å². The van der Waals surface area contributed by atoms with Gasteiger partial charge in [-0.3, -0.25) is 0 Å². The molecule has 1 aromatic carbocycles. The van der Waals surface area contributed by atoms with Crippen LogP contribution in [0.1, 0.15) is 11.1 Å². The van der Waals surface area contributed by atoms with Gasteiger partial charge in [0.05, 0.1) is 17.2 Å². The number of rotatable bonds is 1. The number of hydrogen-bond acceptors (Lipinski definition) is 4. The summed E-state index contributed by atoms with van der Waals surface area (Å²) in [5.74, 6) is -0.367. The van der Waals surface area contributed by atoms with Crippen molar-refractivity contribution in [1.29, 1.82) is 5.26 Å². The van der Waals surface area contributed by atoms with Gasteiger partial charge >= 0.3 is 5.76 Å². The Balaban J connectivity index is 2.68. The van der Waals surface area contributed by atoms with Crippen molar-refractivity contribution in [1.82, 2.24) is 9.78 Å². The van der Waals surface area contributed by atoms with Gasteiger partial charge in [-0.05, 0) is 19.1 Å². The second-order valence-electron chi connectivity index (χ2n) is 3.46. The maximum Gasteiger partial charge on any atom is 0.437 e. The maximum absolute atomic E-state index is 11.1. The van der Waals surface area contributed by atoms with Gasteiger partial charge in [-0.25, -0.2) is 4.79 Å². The molecule has 1 aromatic heterocycles. The van der Waals surface area contributed by atoms with Gasteiger partial charge in [-0.15, -0.1) is 5.10 Å². The Morgan fingerprint density at radius 1 is 1.50 bits per heavy atom. The minimum absolute atomic E-state index is 0.174. The van der Waals surface area contributed by atoms with E-state index in [1.54, 1.807) is 12.1 Å². The molecule has 5 heteroatoms. The molecule has 0 aliphatic carbocycles. The summed E-state index contributed by atoms with van der Waals surface area (Å²) in [7, 11) is 1.50. The van der Waals surface area contributed by atoms with Crippen molar-refractivity contribution >= 4 is 0 Å². The summed E-state index contributed by atoms with van der Waals surface area (Å²) in [4.78, 5) is 11.1. The zero-order chi connectivity index (χ0) is 11.7. The van der Waals surface area contributed by atoms with Gasteiger partial charge in [0, 0.05) is 7.05 Å². The Bertz CT molecular complexity index is 631. The molecule has 0 bridgehead atoms. The summed E-state index contributed by atoms with van der Waals surface area (Å²) >= 11 is 0. The van der Waals surface area contributed by atoms with Crippen LogP contribution in [0.25, 0.3) is 11.5 Å². The van der Waals surface area contributed by atoms with Crippen LogP contribution >= 0.6 is 0 Å². The van der Waals surface area contributed by atoms with Crippen LogP contribution in [0.4, 0.5) is 0 Å². The Morgan fingerprint density at radius 2 is 2.25 bits per heavy atom. The van der Waals surface area contributed by atoms with E-state index < -0.39 is 5.76 Å². The molecule has 1 heterocycles. The van der Waals surface area contributed by atoms with Crippen molar-refractivity contribution in [3.05, 3.63) is 39.9 Å². The third-order valence-corrected chi connectivity index (χ3v) is 2.21. The van der Waals surface area contributed by atoms with Crippen molar-refractivity contribution in [3.8, 4) is 17.5 Å². The molecule has 0 spiro atoms. The summed E-state index contributed by atoms with van der Waals surface area (Å²) in [6, 6.07) is 7.31. The zero-order valence-corrected chi connectivity index (χ0v) is 8.89. The monoisotopic (exact) mass is 215 g/mol. The first-order chi connectivity index (χ1) is 7.61. The third-order valence-electron chi connectivity index (χ3n) is 2.21. The molecule has 0 N–H and O–H groups in total. The number of nitrogens with zero attached hydrogens (tertiary/aromatic N) is 3. The molecule has 0 saturated heterocycles. The van der Waals surface area contributed by atoms with E-state index in [4.69, 9.17) is 9.68 Å². The van der Waals surface area contributed by atoms with Gasteiger partial charge in [-0.2, -0.15) is 9.94 Å². The molecule has 0 aliphatic rings. The average Bonchev–Trinajstić information content (AvgIpc) is 2.59. The van der Waals surface area contributed by atoms with E-state index in [-0.39, 0.29) is 5.89 Å². The summed E-state index contributed by atoms with van der Waals surface area (Å²) in [6.45, 7) is 1.89. The average molecular weight is 215 g/mol. The highest BCUT2D eigenvalue weighted by Crippen LogP contribution is 2.21. The van der Waals surface area contributed by atoms with Crippen LogP contribution in [-0.4, -0.2) is 9.78 Å². The summed E-state index contributed by atoms with van der Waals surface area (Å²) in [5.41, 5.74) is 1.95. The maximum atomic E-state index is 11.1. The molecule has 16 heavy (non-hydrogen) atoms. The van der Waals surface area contributed by atoms with Gasteiger partial charge < -0.3 is 4.42 Å². The molecular formula is C11H9N3O2. The number of nitriles is 1. The lowest BCUT2D eigenvalue weighted by atomic mass is 10.1. The number of aryl methyl sites for hydroxylation is 2. The van der Waals surface area contributed by atoms with Crippen LogP contribution in [0, 0.1) is 18.3 Å². The van der Waals surface area contributed by atoms with E-state index in [2.05, 4.69) is 5.10 Å². The quantitative estimate of drug-likeness (QED) is 0.717. The Kier molecular flexibility index (Phi) is 2.33. The first kappa shape index (κ1) is 10.2. The molecule has 5 nitrogen and oxygen atoms in total. The fourth-order valence-electron chi connectivity index (χ4n) is 1.39. The first-order valence-corrected chi connectivity index (χ1v) is 4.67. The molecule has 0 fully saturated rings. The van der Waals surface area contributed by atoms with Crippen molar-refractivity contribution in [2.75, 3.05) is 0 Å². The van der Waals surface area contributed by atoms with Gasteiger partial charge in [0.25, 0.3) is 5.89 Å². The lowest BCUT2D eigenvalue weighted by Crippen LogP contribution is -2.09. The molecule has 0 amide bonds. The summed E-state index contributed by atoms with van der Waals surface area (Å²) < 4.78 is 6.04. The molecule has 0 unspecified atom stereocenters. The van der Waals surface area contributed by atoms with Crippen LogP contribution in [-0.2, 0) is 7.05 Å².